The van der Waals surface area contributed by atoms with Crippen molar-refractivity contribution >= 4 is 5.78 Å². The van der Waals surface area contributed by atoms with Crippen LogP contribution >= 0.6 is 0 Å². The summed E-state index contributed by atoms with van der Waals surface area (Å²) in [5, 5.41) is 4.11. The van der Waals surface area contributed by atoms with Crippen LogP contribution in [0.15, 0.2) is 12.4 Å². The van der Waals surface area contributed by atoms with Crippen molar-refractivity contribution in [1.82, 2.24) is 14.7 Å². The summed E-state index contributed by atoms with van der Waals surface area (Å²) in [6.45, 7) is 10.2. The van der Waals surface area contributed by atoms with Gasteiger partial charge in [-0.2, -0.15) is 5.10 Å². The molecule has 0 unspecified atom stereocenters. The third-order valence-electron chi connectivity index (χ3n) is 3.93. The number of likely N-dealkylation sites (N-methyl/N-ethyl adjacent to an activating group) is 1. The summed E-state index contributed by atoms with van der Waals surface area (Å²) in [7, 11) is 1.84. The molecule has 1 aromatic rings. The van der Waals surface area contributed by atoms with Crippen LogP contribution in [-0.4, -0.2) is 39.1 Å². The fourth-order valence-corrected chi connectivity index (χ4v) is 2.80. The quantitative estimate of drug-likeness (QED) is 0.699. The van der Waals surface area contributed by atoms with Crippen molar-refractivity contribution in [3.05, 3.63) is 18.0 Å². The van der Waals surface area contributed by atoms with Gasteiger partial charge in [0, 0.05) is 13.2 Å². The maximum absolute atomic E-state index is 12.8. The van der Waals surface area contributed by atoms with Gasteiger partial charge in [-0.3, -0.25) is 14.4 Å². The number of nitrogens with zero attached hydrogens (tertiary/aromatic N) is 3. The number of Topliss-reactive ketones (excluding diaryl/α,β-unsaturated/α-hetero) is 1. The third-order valence-corrected chi connectivity index (χ3v) is 3.93. The summed E-state index contributed by atoms with van der Waals surface area (Å²) >= 11 is 0. The summed E-state index contributed by atoms with van der Waals surface area (Å²) in [4.78, 5) is 15.1. The van der Waals surface area contributed by atoms with Crippen LogP contribution < -0.4 is 0 Å². The number of carbonyl (C=O) groups is 1. The van der Waals surface area contributed by atoms with Gasteiger partial charge in [0.15, 0.2) is 5.78 Å². The van der Waals surface area contributed by atoms with Crippen molar-refractivity contribution in [1.29, 1.82) is 0 Å². The summed E-state index contributed by atoms with van der Waals surface area (Å²) in [5.41, 5.74) is 0.333. The second-order valence-electron chi connectivity index (χ2n) is 4.64. The number of hydrogen-bond donors (Lipinski definition) is 0. The Kier molecular flexibility index (Phi) is 5.08. The SMILES string of the molecule is CCN(CC)C(CC)(CC)C(=O)c1cnn(C)c1. The molecule has 4 nitrogen and oxygen atoms in total. The standard InChI is InChI=1S/C14H25N3O/c1-6-14(7-2,17(8-3)9-4)13(18)12-10-15-16(5)11-12/h10-11H,6-9H2,1-5H3. The number of rotatable bonds is 7. The van der Waals surface area contributed by atoms with E-state index in [1.165, 1.54) is 0 Å². The lowest BCUT2D eigenvalue weighted by Crippen LogP contribution is -2.53. The molecule has 0 fully saturated rings. The Hall–Kier alpha value is -1.16. The van der Waals surface area contributed by atoms with Gasteiger partial charge in [-0.25, -0.2) is 0 Å². The lowest BCUT2D eigenvalue weighted by atomic mass is 9.83. The van der Waals surface area contributed by atoms with E-state index in [2.05, 4.69) is 37.7 Å². The van der Waals surface area contributed by atoms with E-state index in [9.17, 15) is 4.79 Å². The molecule has 1 rings (SSSR count). The molecule has 0 spiro atoms. The average molecular weight is 251 g/mol. The highest BCUT2D eigenvalue weighted by Crippen LogP contribution is 2.28. The van der Waals surface area contributed by atoms with E-state index in [1.54, 1.807) is 10.9 Å². The summed E-state index contributed by atoms with van der Waals surface area (Å²) in [6.07, 6.45) is 5.15. The first kappa shape index (κ1) is 14.9. The van der Waals surface area contributed by atoms with Crippen molar-refractivity contribution in [2.45, 2.75) is 46.1 Å². The first-order valence-corrected chi connectivity index (χ1v) is 6.84. The Bertz CT molecular complexity index is 389. The molecule has 0 saturated carbocycles. The van der Waals surface area contributed by atoms with E-state index < -0.39 is 0 Å². The highest BCUT2D eigenvalue weighted by Gasteiger charge is 2.40. The first-order chi connectivity index (χ1) is 8.55. The van der Waals surface area contributed by atoms with Gasteiger partial charge in [-0.1, -0.05) is 27.7 Å². The minimum Gasteiger partial charge on any atom is -0.292 e. The molecular weight excluding hydrogens is 226 g/mol. The summed E-state index contributed by atoms with van der Waals surface area (Å²) in [6, 6.07) is 0. The highest BCUT2D eigenvalue weighted by molar-refractivity contribution is 6.02. The van der Waals surface area contributed by atoms with Crippen LogP contribution in [-0.2, 0) is 7.05 Å². The second-order valence-corrected chi connectivity index (χ2v) is 4.64. The third kappa shape index (κ3) is 2.48. The van der Waals surface area contributed by atoms with Gasteiger partial charge in [-0.15, -0.1) is 0 Å². The first-order valence-electron chi connectivity index (χ1n) is 6.84. The van der Waals surface area contributed by atoms with E-state index >= 15 is 0 Å². The van der Waals surface area contributed by atoms with E-state index in [4.69, 9.17) is 0 Å². The maximum atomic E-state index is 12.8. The Labute approximate surface area is 110 Å². The molecule has 0 radical (unpaired) electrons. The zero-order chi connectivity index (χ0) is 13.8. The van der Waals surface area contributed by atoms with Crippen LogP contribution in [0.5, 0.6) is 0 Å². The largest absolute Gasteiger partial charge is 0.292 e. The Morgan fingerprint density at radius 3 is 2.17 bits per heavy atom. The Morgan fingerprint density at radius 2 is 1.83 bits per heavy atom. The number of ketones is 1. The van der Waals surface area contributed by atoms with Gasteiger partial charge >= 0.3 is 0 Å². The molecule has 0 aliphatic heterocycles. The van der Waals surface area contributed by atoms with E-state index in [0.717, 1.165) is 25.9 Å². The molecule has 0 saturated heterocycles. The molecule has 1 heterocycles. The smallest absolute Gasteiger partial charge is 0.186 e. The summed E-state index contributed by atoms with van der Waals surface area (Å²) in [5.74, 6) is 0.198. The van der Waals surface area contributed by atoms with Crippen LogP contribution in [0.3, 0.4) is 0 Å². The maximum Gasteiger partial charge on any atom is 0.186 e. The molecule has 0 aliphatic carbocycles. The molecule has 0 atom stereocenters. The Morgan fingerprint density at radius 1 is 1.28 bits per heavy atom. The van der Waals surface area contributed by atoms with Crippen LogP contribution in [0.25, 0.3) is 0 Å². The predicted octanol–water partition coefficient (Wildman–Crippen LogP) is 2.50. The average Bonchev–Trinajstić information content (AvgIpc) is 2.82. The monoisotopic (exact) mass is 251 g/mol. The molecule has 0 bridgehead atoms. The van der Waals surface area contributed by atoms with Crippen molar-refractivity contribution in [2.24, 2.45) is 7.05 Å². The van der Waals surface area contributed by atoms with Crippen LogP contribution in [0, 0.1) is 0 Å². The van der Waals surface area contributed by atoms with Crippen molar-refractivity contribution in [2.75, 3.05) is 13.1 Å². The lowest BCUT2D eigenvalue weighted by Gasteiger charge is -2.40. The number of aryl methyl sites for hydroxylation is 1. The van der Waals surface area contributed by atoms with Gasteiger partial charge in [0.1, 0.15) is 0 Å². The number of aromatic nitrogens is 2. The van der Waals surface area contributed by atoms with Crippen molar-refractivity contribution < 1.29 is 4.79 Å². The lowest BCUT2D eigenvalue weighted by molar-refractivity contribution is 0.0535. The van der Waals surface area contributed by atoms with E-state index in [0.29, 0.717) is 5.56 Å². The number of hydrogen-bond acceptors (Lipinski definition) is 3. The van der Waals surface area contributed by atoms with Gasteiger partial charge in [0.05, 0.1) is 17.3 Å². The van der Waals surface area contributed by atoms with Crippen molar-refractivity contribution in [3.8, 4) is 0 Å². The van der Waals surface area contributed by atoms with Crippen LogP contribution in [0.4, 0.5) is 0 Å². The molecule has 1 aromatic heterocycles. The summed E-state index contributed by atoms with van der Waals surface area (Å²) < 4.78 is 1.69. The Balaban J connectivity index is 3.15. The second kappa shape index (κ2) is 6.14. The fourth-order valence-electron chi connectivity index (χ4n) is 2.80. The molecule has 102 valence electrons. The predicted molar refractivity (Wildman–Crippen MR) is 73.8 cm³/mol. The minimum absolute atomic E-state index is 0.198. The molecule has 0 amide bonds. The topological polar surface area (TPSA) is 38.1 Å². The normalized spacial score (nSPS) is 12.1. The van der Waals surface area contributed by atoms with E-state index in [-0.39, 0.29) is 11.3 Å². The molecule has 0 aliphatic rings. The fraction of sp³-hybridized carbons (Fsp3) is 0.714. The van der Waals surface area contributed by atoms with Crippen molar-refractivity contribution in [3.63, 3.8) is 0 Å². The molecule has 18 heavy (non-hydrogen) atoms. The van der Waals surface area contributed by atoms with E-state index in [1.807, 2.05) is 13.2 Å². The molecular formula is C14H25N3O. The van der Waals surface area contributed by atoms with Gasteiger partial charge in [-0.05, 0) is 25.9 Å². The highest BCUT2D eigenvalue weighted by atomic mass is 16.1. The zero-order valence-electron chi connectivity index (χ0n) is 12.2. The van der Waals surface area contributed by atoms with Gasteiger partial charge in [0.25, 0.3) is 0 Å². The van der Waals surface area contributed by atoms with Gasteiger partial charge in [0.2, 0.25) is 0 Å². The van der Waals surface area contributed by atoms with Gasteiger partial charge < -0.3 is 0 Å². The van der Waals surface area contributed by atoms with Crippen LogP contribution in [0.1, 0.15) is 50.9 Å². The molecule has 0 N–H and O–H groups in total. The minimum atomic E-state index is -0.382. The molecule has 4 heteroatoms. The molecule has 0 aromatic carbocycles. The zero-order valence-corrected chi connectivity index (χ0v) is 12.2. The van der Waals surface area contributed by atoms with Crippen LogP contribution in [0.2, 0.25) is 0 Å². The number of carbonyl (C=O) groups excluding carboxylic acids is 1.